The molecule has 8 heterocycles. The van der Waals surface area contributed by atoms with E-state index in [4.69, 9.17) is 9.84 Å². The van der Waals surface area contributed by atoms with Crippen molar-refractivity contribution in [2.45, 2.75) is 120 Å². The summed E-state index contributed by atoms with van der Waals surface area (Å²) >= 11 is 0. The van der Waals surface area contributed by atoms with Crippen LogP contribution in [0.1, 0.15) is 167 Å². The predicted molar refractivity (Wildman–Crippen MR) is 452 cm³/mol. The Labute approximate surface area is 691 Å². The largest absolute Gasteiger partial charge is 0.508 e. The van der Waals surface area contributed by atoms with Crippen LogP contribution in [0.2, 0.25) is 0 Å². The number of piperazine rings is 2. The van der Waals surface area contributed by atoms with Gasteiger partial charge in [0, 0.05) is 138 Å². The van der Waals surface area contributed by atoms with Gasteiger partial charge in [0.1, 0.15) is 30.2 Å². The van der Waals surface area contributed by atoms with Crippen molar-refractivity contribution in [3.8, 4) is 33.8 Å². The molecule has 9 aromatic carbocycles. The Balaban J connectivity index is 0.000000165. The highest BCUT2D eigenvalue weighted by molar-refractivity contribution is 6.25. The van der Waals surface area contributed by atoms with Crippen LogP contribution in [0.5, 0.6) is 11.5 Å². The second-order valence-corrected chi connectivity index (χ2v) is 32.5. The summed E-state index contributed by atoms with van der Waals surface area (Å²) in [5, 5.41) is 24.1. The van der Waals surface area contributed by atoms with Gasteiger partial charge in [-0.25, -0.2) is 0 Å². The molecule has 6 aliphatic heterocycles. The molecule has 22 heteroatoms. The third-order valence-electron chi connectivity index (χ3n) is 25.4. The molecule has 8 amide bonds. The van der Waals surface area contributed by atoms with Crippen LogP contribution in [-0.2, 0) is 51.7 Å². The molecule has 6 atom stereocenters. The highest BCUT2D eigenvalue weighted by Crippen LogP contribution is 2.50. The molecule has 3 N–H and O–H groups in total. The lowest BCUT2D eigenvalue weighted by Gasteiger charge is -2.36. The third kappa shape index (κ3) is 16.3. The number of piperidine rings is 2. The van der Waals surface area contributed by atoms with Crippen LogP contribution in [0.15, 0.2) is 237 Å². The van der Waals surface area contributed by atoms with E-state index in [0.29, 0.717) is 46.4 Å². The molecule has 11 aromatic rings. The Morgan fingerprint density at radius 2 is 0.815 bits per heavy atom. The lowest BCUT2D eigenvalue weighted by molar-refractivity contribution is -0.137. The maximum atomic E-state index is 13.4. The summed E-state index contributed by atoms with van der Waals surface area (Å²) in [5.74, 6) is -1.49. The van der Waals surface area contributed by atoms with E-state index >= 15 is 0 Å². The van der Waals surface area contributed by atoms with Gasteiger partial charge in [-0.3, -0.25) is 78.0 Å². The number of aromatic hydroxyl groups is 1. The number of aryl methyl sites for hydroxylation is 4. The van der Waals surface area contributed by atoms with Crippen LogP contribution in [0.4, 0.5) is 11.4 Å². The van der Waals surface area contributed by atoms with Crippen LogP contribution < -0.4 is 25.2 Å². The molecular weight excluding hydrogens is 1490 g/mol. The van der Waals surface area contributed by atoms with E-state index in [-0.39, 0.29) is 49.3 Å². The number of benzene rings is 9. The van der Waals surface area contributed by atoms with Gasteiger partial charge in [-0.1, -0.05) is 152 Å². The molecule has 22 nitrogen and oxygen atoms in total. The number of nitrogens with zero attached hydrogens (tertiary/aromatic N) is 10. The first kappa shape index (κ1) is 77.3. The van der Waals surface area contributed by atoms with Crippen LogP contribution in [0, 0.1) is 0 Å². The van der Waals surface area contributed by atoms with E-state index in [2.05, 4.69) is 193 Å². The number of aromatic nitrogens is 4. The topological polar surface area (TPSA) is 245 Å². The zero-order valence-electron chi connectivity index (χ0n) is 66.3. The fraction of sp³-hybridized carbons (Fsp3) is 0.299. The summed E-state index contributed by atoms with van der Waals surface area (Å²) in [5.41, 5.74) is 19.2. The van der Waals surface area contributed by atoms with Gasteiger partial charge in [0.15, 0.2) is 0 Å². The highest BCUT2D eigenvalue weighted by atomic mass is 16.5. The molecular formula is C97H94N12O10. The smallest absolute Gasteiger partial charge is 0.262 e. The number of carbonyl (C=O) groups excluding carboxylic acids is 8. The van der Waals surface area contributed by atoms with Gasteiger partial charge < -0.3 is 19.6 Å². The van der Waals surface area contributed by atoms with Gasteiger partial charge >= 0.3 is 0 Å². The van der Waals surface area contributed by atoms with Crippen molar-refractivity contribution in [3.05, 3.63) is 309 Å². The Morgan fingerprint density at radius 3 is 1.27 bits per heavy atom. The second-order valence-electron chi connectivity index (χ2n) is 32.5. The van der Waals surface area contributed by atoms with Gasteiger partial charge in [0.05, 0.1) is 34.6 Å². The first-order chi connectivity index (χ1) is 58.2. The van der Waals surface area contributed by atoms with E-state index < -0.39 is 47.5 Å². The highest BCUT2D eigenvalue weighted by Gasteiger charge is 2.47. The molecule has 0 spiro atoms. The van der Waals surface area contributed by atoms with Crippen molar-refractivity contribution in [3.63, 3.8) is 0 Å². The fourth-order valence-corrected chi connectivity index (χ4v) is 19.1. The van der Waals surface area contributed by atoms with Crippen molar-refractivity contribution >= 4 is 58.6 Å². The van der Waals surface area contributed by atoms with Crippen LogP contribution in [-0.4, -0.2) is 169 Å². The summed E-state index contributed by atoms with van der Waals surface area (Å²) in [6.45, 7) is 10.8. The lowest BCUT2D eigenvalue weighted by atomic mass is 9.69. The third-order valence-corrected chi connectivity index (χ3v) is 25.4. The zero-order valence-corrected chi connectivity index (χ0v) is 66.3. The van der Waals surface area contributed by atoms with Crippen molar-refractivity contribution in [2.24, 2.45) is 0 Å². The standard InChI is InChI=1S/C52H50N6O5.C45H44N6O5/c59-48-23-22-47(50(60)54-48)58-51(61)45-20-17-41(31-46(45)52(58)62)56-28-26-55(27-29-56)24-7-25-57-33-40(32-53-57)36-12-14-38(15-13-36)49-43(37-10-5-2-6-11-37)19-16-39-30-42(18-21-44(39)49)63-34-35-8-3-1-4-9-35;52-35-13-16-37-32(25-35)11-14-36(30-5-2-1-3-6-30)42(37)31-9-7-29(8-10-31)33-27-46-50(28-33)20-4-19-48-21-23-49(24-22-48)34-12-15-38-39(26-34)45(56)51(44(38)55)40-17-18-41(53)47-43(40)54/h1-6,8-15,17-18,20-21,30-33,43,47,49H,7,16,19,22-29,34H2,(H,54,59,60);1-3,5-10,12-13,15-16,25-28,36,40,42,52H,4,11,14,17-24H2,(H,47,53,54)/t43-,47?,49+;36-,40?,42+/m11/s1. The minimum absolute atomic E-state index is 0.0959. The minimum atomic E-state index is -0.969. The fourth-order valence-electron chi connectivity index (χ4n) is 19.1. The number of hydrogen-bond donors (Lipinski definition) is 3. The van der Waals surface area contributed by atoms with Crippen molar-refractivity contribution in [2.75, 3.05) is 75.2 Å². The number of amides is 8. The maximum absolute atomic E-state index is 13.4. The molecule has 8 aliphatic rings. The number of imide groups is 4. The quantitative estimate of drug-likeness (QED) is 0.0566. The zero-order chi connectivity index (χ0) is 81.2. The van der Waals surface area contributed by atoms with E-state index in [1.54, 1.807) is 24.3 Å². The van der Waals surface area contributed by atoms with E-state index in [9.17, 15) is 43.5 Å². The summed E-state index contributed by atoms with van der Waals surface area (Å²) in [7, 11) is 0. The number of nitrogens with one attached hydrogen (secondary N) is 2. The second kappa shape index (κ2) is 34.0. The molecule has 2 aliphatic carbocycles. The van der Waals surface area contributed by atoms with Crippen LogP contribution >= 0.6 is 0 Å². The molecule has 4 saturated heterocycles. The summed E-state index contributed by atoms with van der Waals surface area (Å²) in [6, 6.07) is 71.3. The Hall–Kier alpha value is -12.9. The Bertz CT molecular complexity index is 5660. The normalized spacial score (nSPS) is 20.6. The molecule has 2 aromatic heterocycles. The van der Waals surface area contributed by atoms with Crippen molar-refractivity contribution in [1.82, 2.24) is 49.8 Å². The monoisotopic (exact) mass is 1590 g/mol. The predicted octanol–water partition coefficient (Wildman–Crippen LogP) is 13.3. The van der Waals surface area contributed by atoms with Gasteiger partial charge in [-0.15, -0.1) is 0 Å². The number of hydrogen-bond acceptors (Lipinski definition) is 16. The Morgan fingerprint density at radius 1 is 0.387 bits per heavy atom. The van der Waals surface area contributed by atoms with Gasteiger partial charge in [-0.05, 0) is 185 Å². The van der Waals surface area contributed by atoms with Gasteiger partial charge in [0.25, 0.3) is 23.6 Å². The minimum Gasteiger partial charge on any atom is -0.508 e. The molecule has 0 bridgehead atoms. The average molecular weight is 1590 g/mol. The van der Waals surface area contributed by atoms with Crippen LogP contribution in [0.25, 0.3) is 22.3 Å². The molecule has 2 unspecified atom stereocenters. The molecule has 602 valence electrons. The molecule has 0 radical (unpaired) electrons. The number of phenols is 1. The number of carbonyl (C=O) groups is 8. The summed E-state index contributed by atoms with van der Waals surface area (Å²) in [6.07, 6.45) is 14.6. The molecule has 19 rings (SSSR count). The van der Waals surface area contributed by atoms with Gasteiger partial charge in [0.2, 0.25) is 23.6 Å². The molecule has 119 heavy (non-hydrogen) atoms. The lowest BCUT2D eigenvalue weighted by Crippen LogP contribution is -2.54. The average Bonchev–Trinajstić information content (AvgIpc) is 1.74. The van der Waals surface area contributed by atoms with E-state index in [1.165, 1.54) is 44.5 Å². The van der Waals surface area contributed by atoms with E-state index in [0.717, 1.165) is 172 Å². The SMILES string of the molecule is O=C1CCC(N2C(=O)c3ccc(N4CCN(CCCn5cc(-c6ccc([C@@H]7c8ccc(O)cc8CC[C@@H]7c7ccccc7)cc6)cn5)CC4)cc3C2=O)C(=O)N1.O=C1CCC(N2C(=O)c3ccc(N4CCN(CCCn5cc(-c6ccc([C@@H]7c8ccc(OCc9ccccc9)cc8CC[C@@H]7c7ccccc7)cc6)cn5)CC4)cc3C2=O)C(=O)N1. The number of anilines is 2. The maximum Gasteiger partial charge on any atom is 0.262 e. The first-order valence-electron chi connectivity index (χ1n) is 41.8. The summed E-state index contributed by atoms with van der Waals surface area (Å²) < 4.78 is 10.3. The number of fused-ring (bicyclic) bond motifs is 4. The number of phenolic OH excluding ortho intramolecular Hbond substituents is 1. The number of ether oxygens (including phenoxy) is 1. The van der Waals surface area contributed by atoms with E-state index in [1.807, 2.05) is 64.2 Å². The van der Waals surface area contributed by atoms with Crippen molar-refractivity contribution < 1.29 is 48.2 Å². The van der Waals surface area contributed by atoms with Crippen molar-refractivity contribution in [1.29, 1.82) is 0 Å². The molecule has 0 saturated carbocycles. The van der Waals surface area contributed by atoms with Crippen LogP contribution in [0.3, 0.4) is 0 Å². The van der Waals surface area contributed by atoms with Gasteiger partial charge in [-0.2, -0.15) is 10.2 Å². The number of rotatable bonds is 21. The first-order valence-corrected chi connectivity index (χ1v) is 41.8. The summed E-state index contributed by atoms with van der Waals surface area (Å²) in [4.78, 5) is 112. The molecule has 4 fully saturated rings. The Kier molecular flexibility index (Phi) is 22.1.